The molecule has 0 radical (unpaired) electrons. The van der Waals surface area contributed by atoms with E-state index >= 15 is 0 Å². The number of hydrogen-bond acceptors (Lipinski definition) is 5. The number of likely N-dealkylation sites (tertiary alicyclic amines) is 1. The van der Waals surface area contributed by atoms with Crippen molar-refractivity contribution in [2.75, 3.05) is 26.2 Å². The van der Waals surface area contributed by atoms with Gasteiger partial charge < -0.3 is 15.3 Å². The van der Waals surface area contributed by atoms with E-state index in [0.717, 1.165) is 0 Å². The summed E-state index contributed by atoms with van der Waals surface area (Å²) in [6, 6.07) is 7.15. The van der Waals surface area contributed by atoms with Crippen molar-refractivity contribution >= 4 is 11.9 Å². The average Bonchev–Trinajstić information content (AvgIpc) is 3.29. The topological polar surface area (TPSA) is 100 Å². The van der Waals surface area contributed by atoms with Crippen molar-refractivity contribution in [3.8, 4) is 5.69 Å². The maximum atomic E-state index is 13.0. The van der Waals surface area contributed by atoms with Crippen LogP contribution in [0, 0.1) is 11.3 Å². The predicted octanol–water partition coefficient (Wildman–Crippen LogP) is 0.0135. The summed E-state index contributed by atoms with van der Waals surface area (Å²) in [6.07, 6.45) is 2.94. The van der Waals surface area contributed by atoms with Crippen LogP contribution in [0.15, 0.2) is 36.9 Å². The summed E-state index contributed by atoms with van der Waals surface area (Å²) in [4.78, 5) is 30.3. The van der Waals surface area contributed by atoms with Gasteiger partial charge in [-0.15, -0.1) is 0 Å². The fraction of sp³-hybridized carbons (Fsp3) is 0.375. The maximum Gasteiger partial charge on any atom is 0.313 e. The lowest BCUT2D eigenvalue weighted by Gasteiger charge is -2.23. The zero-order valence-electron chi connectivity index (χ0n) is 12.9. The molecule has 1 aromatic carbocycles. The van der Waals surface area contributed by atoms with Crippen molar-refractivity contribution in [3.05, 3.63) is 42.5 Å². The number of para-hydroxylation sites is 1. The molecule has 0 saturated carbocycles. The molecular weight excluding hydrogens is 310 g/mol. The van der Waals surface area contributed by atoms with Gasteiger partial charge in [0.25, 0.3) is 5.91 Å². The molecule has 2 saturated heterocycles. The molecule has 0 unspecified atom stereocenters. The van der Waals surface area contributed by atoms with Crippen LogP contribution in [-0.4, -0.2) is 62.8 Å². The number of carboxylic acid groups (broad SMARTS) is 1. The van der Waals surface area contributed by atoms with E-state index in [0.29, 0.717) is 30.9 Å². The van der Waals surface area contributed by atoms with Crippen LogP contribution in [0.25, 0.3) is 5.69 Å². The second-order valence-electron chi connectivity index (χ2n) is 6.33. The van der Waals surface area contributed by atoms with Crippen molar-refractivity contribution in [2.45, 2.75) is 0 Å². The lowest BCUT2D eigenvalue weighted by Crippen LogP contribution is -2.41. The minimum Gasteiger partial charge on any atom is -0.481 e. The molecule has 2 aromatic rings. The van der Waals surface area contributed by atoms with E-state index in [2.05, 4.69) is 15.4 Å². The first-order valence-electron chi connectivity index (χ1n) is 7.79. The lowest BCUT2D eigenvalue weighted by molar-refractivity contribution is -0.148. The fourth-order valence-corrected chi connectivity index (χ4v) is 3.73. The standard InChI is InChI=1S/C16H17N5O3/c22-14(12-3-1-2-4-13(12)21-10-18-9-19-21)20-6-11-5-17-7-16(11,8-20)15(23)24/h1-4,9-11,17H,5-8H2,(H,23,24)/t11-,16-/m0/s1. The van der Waals surface area contributed by atoms with Gasteiger partial charge in [-0.3, -0.25) is 9.59 Å². The highest BCUT2D eigenvalue weighted by molar-refractivity contribution is 5.98. The molecule has 1 aromatic heterocycles. The molecule has 2 aliphatic rings. The smallest absolute Gasteiger partial charge is 0.313 e. The fourth-order valence-electron chi connectivity index (χ4n) is 3.73. The Kier molecular flexibility index (Phi) is 3.34. The molecule has 4 rings (SSSR count). The molecular formula is C16H17N5O3. The van der Waals surface area contributed by atoms with Crippen molar-refractivity contribution in [1.29, 1.82) is 0 Å². The Labute approximate surface area is 138 Å². The molecule has 2 aliphatic heterocycles. The molecule has 8 nitrogen and oxygen atoms in total. The molecule has 2 atom stereocenters. The lowest BCUT2D eigenvalue weighted by atomic mass is 9.81. The highest BCUT2D eigenvalue weighted by Crippen LogP contribution is 2.40. The van der Waals surface area contributed by atoms with Gasteiger partial charge in [-0.05, 0) is 12.1 Å². The zero-order chi connectivity index (χ0) is 16.7. The molecule has 2 fully saturated rings. The normalized spacial score (nSPS) is 25.7. The Bertz CT molecular complexity index is 791. The minimum absolute atomic E-state index is 0.0579. The third kappa shape index (κ3) is 2.10. The number of benzene rings is 1. The van der Waals surface area contributed by atoms with E-state index in [9.17, 15) is 14.7 Å². The van der Waals surface area contributed by atoms with E-state index in [-0.39, 0.29) is 18.4 Å². The number of carbonyl (C=O) groups is 2. The Morgan fingerprint density at radius 2 is 2.17 bits per heavy atom. The number of nitrogens with one attached hydrogen (secondary N) is 1. The van der Waals surface area contributed by atoms with Crippen LogP contribution in [-0.2, 0) is 4.79 Å². The van der Waals surface area contributed by atoms with Gasteiger partial charge in [0.05, 0.1) is 11.3 Å². The first kappa shape index (κ1) is 14.8. The zero-order valence-corrected chi connectivity index (χ0v) is 12.9. The number of aromatic nitrogens is 3. The number of carboxylic acids is 1. The number of hydrogen-bond donors (Lipinski definition) is 2. The second-order valence-corrected chi connectivity index (χ2v) is 6.33. The number of carbonyl (C=O) groups excluding carboxylic acids is 1. The van der Waals surface area contributed by atoms with E-state index in [1.807, 2.05) is 6.07 Å². The number of rotatable bonds is 3. The third-order valence-electron chi connectivity index (χ3n) is 5.04. The van der Waals surface area contributed by atoms with Crippen LogP contribution in [0.1, 0.15) is 10.4 Å². The maximum absolute atomic E-state index is 13.0. The van der Waals surface area contributed by atoms with Gasteiger partial charge in [-0.1, -0.05) is 12.1 Å². The Morgan fingerprint density at radius 1 is 1.33 bits per heavy atom. The minimum atomic E-state index is -0.877. The summed E-state index contributed by atoms with van der Waals surface area (Å²) in [5.41, 5.74) is 0.258. The first-order chi connectivity index (χ1) is 11.6. The molecule has 1 amide bonds. The summed E-state index contributed by atoms with van der Waals surface area (Å²) in [6.45, 7) is 1.71. The predicted molar refractivity (Wildman–Crippen MR) is 83.7 cm³/mol. The molecule has 0 aliphatic carbocycles. The van der Waals surface area contributed by atoms with Crippen LogP contribution in [0.5, 0.6) is 0 Å². The van der Waals surface area contributed by atoms with Crippen molar-refractivity contribution < 1.29 is 14.7 Å². The Balaban J connectivity index is 1.66. The second kappa shape index (κ2) is 5.41. The van der Waals surface area contributed by atoms with Gasteiger partial charge in [-0.2, -0.15) is 5.10 Å². The van der Waals surface area contributed by atoms with E-state index < -0.39 is 11.4 Å². The summed E-state index contributed by atoms with van der Waals surface area (Å²) >= 11 is 0. The molecule has 24 heavy (non-hydrogen) atoms. The van der Waals surface area contributed by atoms with Crippen molar-refractivity contribution in [1.82, 2.24) is 25.0 Å². The number of fused-ring (bicyclic) bond motifs is 1. The summed E-state index contributed by atoms with van der Waals surface area (Å²) in [5.74, 6) is -1.06. The van der Waals surface area contributed by atoms with Crippen LogP contribution < -0.4 is 5.32 Å². The van der Waals surface area contributed by atoms with Gasteiger partial charge in [0.2, 0.25) is 0 Å². The van der Waals surface area contributed by atoms with Gasteiger partial charge in [-0.25, -0.2) is 9.67 Å². The monoisotopic (exact) mass is 327 g/mol. The summed E-state index contributed by atoms with van der Waals surface area (Å²) in [5, 5.41) is 16.9. The number of amides is 1. The van der Waals surface area contributed by atoms with Crippen LogP contribution in [0.4, 0.5) is 0 Å². The molecule has 0 spiro atoms. The number of nitrogens with zero attached hydrogens (tertiary/aromatic N) is 4. The molecule has 8 heteroatoms. The largest absolute Gasteiger partial charge is 0.481 e. The third-order valence-corrected chi connectivity index (χ3v) is 5.04. The van der Waals surface area contributed by atoms with Crippen LogP contribution >= 0.6 is 0 Å². The summed E-state index contributed by atoms with van der Waals surface area (Å²) in [7, 11) is 0. The van der Waals surface area contributed by atoms with E-state index in [4.69, 9.17) is 0 Å². The van der Waals surface area contributed by atoms with E-state index in [1.54, 1.807) is 27.8 Å². The molecule has 3 heterocycles. The Morgan fingerprint density at radius 3 is 2.88 bits per heavy atom. The van der Waals surface area contributed by atoms with Gasteiger partial charge >= 0.3 is 5.97 Å². The number of aliphatic carboxylic acids is 1. The highest BCUT2D eigenvalue weighted by atomic mass is 16.4. The summed E-state index contributed by atoms with van der Waals surface area (Å²) < 4.78 is 1.54. The SMILES string of the molecule is O=C(c1ccccc1-n1cncn1)N1C[C@@H]2CNC[C@]2(C(=O)O)C1. The van der Waals surface area contributed by atoms with Crippen LogP contribution in [0.3, 0.4) is 0 Å². The molecule has 124 valence electrons. The van der Waals surface area contributed by atoms with Crippen molar-refractivity contribution in [3.63, 3.8) is 0 Å². The quantitative estimate of drug-likeness (QED) is 0.824. The van der Waals surface area contributed by atoms with Gasteiger partial charge in [0.15, 0.2) is 0 Å². The van der Waals surface area contributed by atoms with Crippen molar-refractivity contribution in [2.24, 2.45) is 11.3 Å². The van der Waals surface area contributed by atoms with Gasteiger partial charge in [0.1, 0.15) is 18.1 Å². The first-order valence-corrected chi connectivity index (χ1v) is 7.79. The average molecular weight is 327 g/mol. The van der Waals surface area contributed by atoms with E-state index in [1.165, 1.54) is 12.7 Å². The van der Waals surface area contributed by atoms with Crippen LogP contribution in [0.2, 0.25) is 0 Å². The highest BCUT2D eigenvalue weighted by Gasteiger charge is 2.56. The Hall–Kier alpha value is -2.74. The molecule has 0 bridgehead atoms. The molecule has 2 N–H and O–H groups in total. The van der Waals surface area contributed by atoms with Gasteiger partial charge in [0, 0.05) is 32.1 Å².